The van der Waals surface area contributed by atoms with E-state index in [4.69, 9.17) is 0 Å². The van der Waals surface area contributed by atoms with Crippen LogP contribution in [-0.4, -0.2) is 58.0 Å². The van der Waals surface area contributed by atoms with Crippen molar-refractivity contribution in [3.63, 3.8) is 0 Å². The Balaban J connectivity index is 2.01. The molecule has 2 rings (SSSR count). The fourth-order valence-electron chi connectivity index (χ4n) is 1.75. The molecule has 0 spiro atoms. The summed E-state index contributed by atoms with van der Waals surface area (Å²) in [7, 11) is 1.51. The average Bonchev–Trinajstić information content (AvgIpc) is 2.77. The molecular formula is C11H15N5O3. The van der Waals surface area contributed by atoms with Crippen LogP contribution >= 0.6 is 0 Å². The number of imide groups is 1. The molecule has 8 heteroatoms. The van der Waals surface area contributed by atoms with E-state index in [0.717, 1.165) is 16.2 Å². The number of nitrogens with zero attached hydrogens (tertiary/aromatic N) is 3. The molecular weight excluding hydrogens is 250 g/mol. The second-order valence-corrected chi connectivity index (χ2v) is 4.49. The fraction of sp³-hybridized carbons (Fsp3) is 0.455. The number of H-pyrrole nitrogens is 1. The Labute approximate surface area is 109 Å². The van der Waals surface area contributed by atoms with Crippen molar-refractivity contribution >= 4 is 23.7 Å². The molecule has 2 heterocycles. The number of rotatable bonds is 3. The standard InChI is InChI=1S/C11H15N5O3/c1-6-7(2)13-14-10(6)12-8(17)4-16-9(18)5-15(3)11(16)19/h4-5H2,1-3H3,(H2,12,13,14,17). The first-order chi connectivity index (χ1) is 8.90. The van der Waals surface area contributed by atoms with Gasteiger partial charge in [-0.3, -0.25) is 19.6 Å². The van der Waals surface area contributed by atoms with Crippen molar-refractivity contribution < 1.29 is 14.4 Å². The van der Waals surface area contributed by atoms with Gasteiger partial charge in [0.25, 0.3) is 5.91 Å². The molecule has 0 atom stereocenters. The van der Waals surface area contributed by atoms with Gasteiger partial charge in [0.05, 0.1) is 0 Å². The van der Waals surface area contributed by atoms with E-state index in [0.29, 0.717) is 5.82 Å². The van der Waals surface area contributed by atoms with Gasteiger partial charge < -0.3 is 10.2 Å². The minimum Gasteiger partial charge on any atom is -0.318 e. The number of nitrogens with one attached hydrogen (secondary N) is 2. The smallest absolute Gasteiger partial charge is 0.318 e. The van der Waals surface area contributed by atoms with Gasteiger partial charge in [0.15, 0.2) is 5.82 Å². The summed E-state index contributed by atoms with van der Waals surface area (Å²) in [5.41, 5.74) is 1.67. The van der Waals surface area contributed by atoms with Gasteiger partial charge in [-0.1, -0.05) is 0 Å². The summed E-state index contributed by atoms with van der Waals surface area (Å²) < 4.78 is 0. The van der Waals surface area contributed by atoms with Crippen LogP contribution in [0.25, 0.3) is 0 Å². The second kappa shape index (κ2) is 4.71. The van der Waals surface area contributed by atoms with Gasteiger partial charge in [-0.2, -0.15) is 5.10 Å². The lowest BCUT2D eigenvalue weighted by Gasteiger charge is -2.13. The van der Waals surface area contributed by atoms with Gasteiger partial charge in [-0.05, 0) is 13.8 Å². The zero-order valence-electron chi connectivity index (χ0n) is 11.0. The highest BCUT2D eigenvalue weighted by Gasteiger charge is 2.34. The van der Waals surface area contributed by atoms with Crippen LogP contribution in [-0.2, 0) is 9.59 Å². The first-order valence-corrected chi connectivity index (χ1v) is 5.77. The number of carbonyl (C=O) groups is 3. The lowest BCUT2D eigenvalue weighted by molar-refractivity contribution is -0.129. The number of anilines is 1. The molecule has 0 aromatic carbocycles. The summed E-state index contributed by atoms with van der Waals surface area (Å²) in [6.45, 7) is 3.36. The molecule has 1 saturated heterocycles. The molecule has 0 aliphatic carbocycles. The summed E-state index contributed by atoms with van der Waals surface area (Å²) in [6, 6.07) is -0.463. The summed E-state index contributed by atoms with van der Waals surface area (Å²) >= 11 is 0. The zero-order chi connectivity index (χ0) is 14.2. The average molecular weight is 265 g/mol. The predicted octanol–water partition coefficient (Wildman–Crippen LogP) is -0.141. The maximum Gasteiger partial charge on any atom is 0.327 e. The fourth-order valence-corrected chi connectivity index (χ4v) is 1.75. The van der Waals surface area contributed by atoms with E-state index in [1.165, 1.54) is 11.9 Å². The largest absolute Gasteiger partial charge is 0.327 e. The molecule has 1 fully saturated rings. The first-order valence-electron chi connectivity index (χ1n) is 5.77. The van der Waals surface area contributed by atoms with Crippen molar-refractivity contribution in [2.45, 2.75) is 13.8 Å². The number of amides is 4. The van der Waals surface area contributed by atoms with Crippen LogP contribution in [0.15, 0.2) is 0 Å². The quantitative estimate of drug-likeness (QED) is 0.743. The molecule has 1 aliphatic rings. The van der Waals surface area contributed by atoms with Crippen LogP contribution in [0.4, 0.5) is 10.6 Å². The predicted molar refractivity (Wildman–Crippen MR) is 66.4 cm³/mol. The van der Waals surface area contributed by atoms with E-state index in [1.807, 2.05) is 13.8 Å². The van der Waals surface area contributed by atoms with Crippen LogP contribution in [0, 0.1) is 13.8 Å². The van der Waals surface area contributed by atoms with Crippen molar-refractivity contribution in [3.8, 4) is 0 Å². The van der Waals surface area contributed by atoms with E-state index < -0.39 is 11.9 Å². The number of urea groups is 1. The first kappa shape index (κ1) is 13.1. The summed E-state index contributed by atoms with van der Waals surface area (Å²) in [5, 5.41) is 9.24. The molecule has 19 heavy (non-hydrogen) atoms. The molecule has 1 aromatic rings. The molecule has 0 radical (unpaired) electrons. The maximum atomic E-state index is 11.8. The van der Waals surface area contributed by atoms with Crippen molar-refractivity contribution in [1.82, 2.24) is 20.0 Å². The summed E-state index contributed by atoms with van der Waals surface area (Å²) in [6.07, 6.45) is 0. The Morgan fingerprint density at radius 2 is 2.11 bits per heavy atom. The minimum absolute atomic E-state index is 0.00660. The van der Waals surface area contributed by atoms with Crippen LogP contribution in [0.2, 0.25) is 0 Å². The lowest BCUT2D eigenvalue weighted by atomic mass is 10.3. The molecule has 4 amide bonds. The summed E-state index contributed by atoms with van der Waals surface area (Å²) in [4.78, 5) is 37.1. The van der Waals surface area contributed by atoms with Crippen molar-refractivity contribution in [3.05, 3.63) is 11.3 Å². The number of hydrogen-bond acceptors (Lipinski definition) is 4. The zero-order valence-corrected chi connectivity index (χ0v) is 11.0. The lowest BCUT2D eigenvalue weighted by Crippen LogP contribution is -2.38. The highest BCUT2D eigenvalue weighted by molar-refractivity contribution is 6.06. The van der Waals surface area contributed by atoms with Gasteiger partial charge in [0.2, 0.25) is 5.91 Å². The van der Waals surface area contributed by atoms with Gasteiger partial charge in [-0.25, -0.2) is 4.79 Å². The molecule has 0 saturated carbocycles. The molecule has 2 N–H and O–H groups in total. The highest BCUT2D eigenvalue weighted by Crippen LogP contribution is 2.14. The van der Waals surface area contributed by atoms with Crippen molar-refractivity contribution in [1.29, 1.82) is 0 Å². The van der Waals surface area contributed by atoms with Crippen molar-refractivity contribution in [2.24, 2.45) is 0 Å². The van der Waals surface area contributed by atoms with Crippen molar-refractivity contribution in [2.75, 3.05) is 25.5 Å². The molecule has 0 bridgehead atoms. The van der Waals surface area contributed by atoms with Gasteiger partial charge in [0.1, 0.15) is 13.1 Å². The third kappa shape index (κ3) is 2.42. The molecule has 102 valence electrons. The van der Waals surface area contributed by atoms with E-state index in [1.54, 1.807) is 0 Å². The van der Waals surface area contributed by atoms with E-state index in [9.17, 15) is 14.4 Å². The van der Waals surface area contributed by atoms with E-state index in [-0.39, 0.29) is 19.0 Å². The van der Waals surface area contributed by atoms with Gasteiger partial charge in [-0.15, -0.1) is 0 Å². The monoisotopic (exact) mass is 265 g/mol. The Hall–Kier alpha value is -2.38. The number of carbonyl (C=O) groups excluding carboxylic acids is 3. The van der Waals surface area contributed by atoms with Gasteiger partial charge >= 0.3 is 6.03 Å². The number of aryl methyl sites for hydroxylation is 1. The molecule has 0 unspecified atom stereocenters. The normalized spacial score (nSPS) is 15.3. The minimum atomic E-state index is -0.463. The topological polar surface area (TPSA) is 98.4 Å². The highest BCUT2D eigenvalue weighted by atomic mass is 16.2. The second-order valence-electron chi connectivity index (χ2n) is 4.49. The Kier molecular flexibility index (Phi) is 3.24. The van der Waals surface area contributed by atoms with Crippen LogP contribution in [0.1, 0.15) is 11.3 Å². The Morgan fingerprint density at radius 1 is 1.42 bits per heavy atom. The van der Waals surface area contributed by atoms with E-state index >= 15 is 0 Å². The van der Waals surface area contributed by atoms with E-state index in [2.05, 4.69) is 15.5 Å². The summed E-state index contributed by atoms with van der Waals surface area (Å²) in [5.74, 6) is -0.417. The Morgan fingerprint density at radius 3 is 2.58 bits per heavy atom. The maximum absolute atomic E-state index is 11.8. The third-order valence-corrected chi connectivity index (χ3v) is 3.04. The third-order valence-electron chi connectivity index (χ3n) is 3.04. The number of aromatic amines is 1. The van der Waals surface area contributed by atoms with Crippen LogP contribution in [0.3, 0.4) is 0 Å². The SMILES string of the molecule is Cc1[nH]nc(NC(=O)CN2C(=O)CN(C)C2=O)c1C. The Bertz CT molecular complexity index is 551. The van der Waals surface area contributed by atoms with Crippen LogP contribution in [0.5, 0.6) is 0 Å². The number of aromatic nitrogens is 2. The molecule has 1 aliphatic heterocycles. The molecule has 1 aromatic heterocycles. The van der Waals surface area contributed by atoms with Gasteiger partial charge in [0, 0.05) is 18.3 Å². The number of likely N-dealkylation sites (N-methyl/N-ethyl adjacent to an activating group) is 1. The van der Waals surface area contributed by atoms with Crippen LogP contribution < -0.4 is 5.32 Å². The number of hydrogen-bond donors (Lipinski definition) is 2. The molecule has 8 nitrogen and oxygen atoms in total.